The van der Waals surface area contributed by atoms with Crippen molar-refractivity contribution < 1.29 is 34.3 Å². The molecule has 0 fully saturated rings. The second-order valence-electron chi connectivity index (χ2n) is 9.05. The third-order valence-electron chi connectivity index (χ3n) is 5.95. The Hall–Kier alpha value is -5.95. The summed E-state index contributed by atoms with van der Waals surface area (Å²) < 4.78 is 0. The van der Waals surface area contributed by atoms with Gasteiger partial charge >= 0.3 is 5.97 Å². The van der Waals surface area contributed by atoms with Gasteiger partial charge in [-0.05, 0) is 66.7 Å². The van der Waals surface area contributed by atoms with Crippen LogP contribution in [0.25, 0.3) is 6.08 Å². The summed E-state index contributed by atoms with van der Waals surface area (Å²) in [5.74, 6) is -3.47. The molecule has 4 aromatic rings. The maximum atomic E-state index is 13.3. The van der Waals surface area contributed by atoms with E-state index in [-0.39, 0.29) is 39.5 Å². The van der Waals surface area contributed by atoms with E-state index in [2.05, 4.69) is 16.0 Å². The minimum absolute atomic E-state index is 0.0107. The first-order valence-electron chi connectivity index (χ1n) is 12.8. The van der Waals surface area contributed by atoms with E-state index in [1.54, 1.807) is 60.7 Å². The number of amides is 3. The molecule has 44 heavy (non-hydrogen) atoms. The zero-order valence-corrected chi connectivity index (χ0v) is 23.5. The van der Waals surface area contributed by atoms with Crippen molar-refractivity contribution in [2.45, 2.75) is 4.90 Å². The van der Waals surface area contributed by atoms with Crippen LogP contribution in [0.4, 0.5) is 17.1 Å². The van der Waals surface area contributed by atoms with Crippen molar-refractivity contribution in [1.82, 2.24) is 5.32 Å². The highest BCUT2D eigenvalue weighted by molar-refractivity contribution is 8.00. The average molecular weight is 613 g/mol. The second-order valence-corrected chi connectivity index (χ2v) is 10.1. The van der Waals surface area contributed by atoms with Crippen LogP contribution in [0.1, 0.15) is 26.3 Å². The molecule has 222 valence electrons. The quantitative estimate of drug-likeness (QED) is 0.0502. The molecule has 4 aromatic carbocycles. The van der Waals surface area contributed by atoms with Gasteiger partial charge < -0.3 is 26.2 Å². The van der Waals surface area contributed by atoms with Gasteiger partial charge in [-0.15, -0.1) is 11.8 Å². The van der Waals surface area contributed by atoms with Crippen LogP contribution in [0.5, 0.6) is 5.75 Å². The number of hydrogen-bond acceptors (Lipinski definition) is 8. The number of aromatic hydroxyl groups is 1. The fourth-order valence-electron chi connectivity index (χ4n) is 3.84. The van der Waals surface area contributed by atoms with Gasteiger partial charge in [0.15, 0.2) is 0 Å². The number of aromatic carboxylic acids is 1. The lowest BCUT2D eigenvalue weighted by Crippen LogP contribution is -2.30. The molecule has 0 aromatic heterocycles. The number of carboxylic acid groups (broad SMARTS) is 1. The van der Waals surface area contributed by atoms with Crippen molar-refractivity contribution in [3.05, 3.63) is 130 Å². The molecule has 0 atom stereocenters. The molecule has 0 spiro atoms. The van der Waals surface area contributed by atoms with E-state index in [0.29, 0.717) is 10.6 Å². The van der Waals surface area contributed by atoms with E-state index < -0.39 is 34.4 Å². The van der Waals surface area contributed by atoms with Crippen molar-refractivity contribution >= 4 is 58.6 Å². The maximum absolute atomic E-state index is 13.3. The van der Waals surface area contributed by atoms with Gasteiger partial charge in [0, 0.05) is 27.9 Å². The predicted octanol–water partition coefficient (Wildman–Crippen LogP) is 5.14. The third kappa shape index (κ3) is 8.30. The van der Waals surface area contributed by atoms with E-state index in [1.165, 1.54) is 48.2 Å². The number of nitro groups is 1. The van der Waals surface area contributed by atoms with Gasteiger partial charge in [0.1, 0.15) is 17.0 Å². The molecule has 13 heteroatoms. The predicted molar refractivity (Wildman–Crippen MR) is 164 cm³/mol. The Balaban J connectivity index is 1.44. The zero-order chi connectivity index (χ0) is 31.6. The number of carbonyl (C=O) groups is 4. The SMILES string of the molecule is O=C(CSc1ccc(NC(=O)/C(=C/c2ccccc2[N+](=O)[O-])NC(=O)c2ccccc2)cc1)Nc1ccc(O)c(C(=O)O)c1. The van der Waals surface area contributed by atoms with Gasteiger partial charge in [0.2, 0.25) is 5.91 Å². The van der Waals surface area contributed by atoms with Crippen molar-refractivity contribution in [1.29, 1.82) is 0 Å². The van der Waals surface area contributed by atoms with E-state index in [0.717, 1.165) is 6.07 Å². The van der Waals surface area contributed by atoms with E-state index >= 15 is 0 Å². The zero-order valence-electron chi connectivity index (χ0n) is 22.7. The number of thioether (sulfide) groups is 1. The molecule has 0 aliphatic rings. The molecular formula is C31H24N4O8S. The first kappa shape index (κ1) is 31.0. The summed E-state index contributed by atoms with van der Waals surface area (Å²) in [6.45, 7) is 0. The van der Waals surface area contributed by atoms with Crippen molar-refractivity contribution in [3.8, 4) is 5.75 Å². The molecule has 12 nitrogen and oxygen atoms in total. The Kier molecular flexibility index (Phi) is 10.1. The summed E-state index contributed by atoms with van der Waals surface area (Å²) in [5, 5.41) is 38.0. The summed E-state index contributed by atoms with van der Waals surface area (Å²) in [6.07, 6.45) is 1.23. The van der Waals surface area contributed by atoms with Crippen molar-refractivity contribution in [3.63, 3.8) is 0 Å². The van der Waals surface area contributed by atoms with Gasteiger partial charge in [-0.1, -0.05) is 30.3 Å². The molecule has 3 amide bonds. The smallest absolute Gasteiger partial charge is 0.339 e. The Morgan fingerprint density at radius 3 is 2.18 bits per heavy atom. The number of hydrogen-bond donors (Lipinski definition) is 5. The normalized spacial score (nSPS) is 10.9. The van der Waals surface area contributed by atoms with Crippen molar-refractivity contribution in [2.24, 2.45) is 0 Å². The van der Waals surface area contributed by atoms with Gasteiger partial charge in [-0.25, -0.2) is 4.79 Å². The monoisotopic (exact) mass is 612 g/mol. The number of phenols is 1. The highest BCUT2D eigenvalue weighted by Gasteiger charge is 2.18. The average Bonchev–Trinajstić information content (AvgIpc) is 3.01. The molecule has 0 aliphatic carbocycles. The Morgan fingerprint density at radius 1 is 0.841 bits per heavy atom. The molecule has 0 radical (unpaired) electrons. The van der Waals surface area contributed by atoms with Crippen LogP contribution in [0.2, 0.25) is 0 Å². The van der Waals surface area contributed by atoms with Gasteiger partial charge in [0.05, 0.1) is 16.2 Å². The second kappa shape index (κ2) is 14.3. The van der Waals surface area contributed by atoms with Crippen LogP contribution in [0.3, 0.4) is 0 Å². The molecule has 4 rings (SSSR count). The lowest BCUT2D eigenvalue weighted by atomic mass is 10.1. The van der Waals surface area contributed by atoms with E-state index in [1.807, 2.05) is 0 Å². The summed E-state index contributed by atoms with van der Waals surface area (Å²) in [5.41, 5.74) is 0.171. The van der Waals surface area contributed by atoms with Gasteiger partial charge in [0.25, 0.3) is 17.5 Å². The van der Waals surface area contributed by atoms with Crippen LogP contribution in [0, 0.1) is 10.1 Å². The molecule has 0 bridgehead atoms. The first-order valence-corrected chi connectivity index (χ1v) is 13.8. The molecule has 5 N–H and O–H groups in total. The number of nitrogens with zero attached hydrogens (tertiary/aromatic N) is 1. The molecule has 0 unspecified atom stereocenters. The maximum Gasteiger partial charge on any atom is 0.339 e. The van der Waals surface area contributed by atoms with Crippen LogP contribution in [-0.2, 0) is 9.59 Å². The minimum atomic E-state index is -1.33. The fourth-order valence-corrected chi connectivity index (χ4v) is 4.54. The Labute approximate surface area is 254 Å². The van der Waals surface area contributed by atoms with Crippen LogP contribution >= 0.6 is 11.8 Å². The number of anilines is 2. The van der Waals surface area contributed by atoms with Crippen LogP contribution < -0.4 is 16.0 Å². The summed E-state index contributed by atoms with van der Waals surface area (Å²) in [6, 6.07) is 24.2. The Morgan fingerprint density at radius 2 is 1.50 bits per heavy atom. The minimum Gasteiger partial charge on any atom is -0.507 e. The molecule has 0 saturated heterocycles. The largest absolute Gasteiger partial charge is 0.507 e. The lowest BCUT2D eigenvalue weighted by molar-refractivity contribution is -0.385. The van der Waals surface area contributed by atoms with Crippen molar-refractivity contribution in [2.75, 3.05) is 16.4 Å². The summed E-state index contributed by atoms with van der Waals surface area (Å²) in [7, 11) is 0. The first-order chi connectivity index (χ1) is 21.1. The number of benzene rings is 4. The number of carboxylic acids is 1. The molecule has 0 aliphatic heterocycles. The third-order valence-corrected chi connectivity index (χ3v) is 6.97. The fraction of sp³-hybridized carbons (Fsp3) is 0.0323. The molecular weight excluding hydrogens is 588 g/mol. The number of nitro benzene ring substituents is 1. The number of carbonyl (C=O) groups excluding carboxylic acids is 3. The van der Waals surface area contributed by atoms with Gasteiger partial charge in [-0.2, -0.15) is 0 Å². The molecule has 0 saturated carbocycles. The highest BCUT2D eigenvalue weighted by Crippen LogP contribution is 2.24. The van der Waals surface area contributed by atoms with Crippen LogP contribution in [-0.4, -0.2) is 44.6 Å². The number of rotatable bonds is 11. The highest BCUT2D eigenvalue weighted by atomic mass is 32.2. The summed E-state index contributed by atoms with van der Waals surface area (Å²) in [4.78, 5) is 61.2. The summed E-state index contributed by atoms with van der Waals surface area (Å²) >= 11 is 1.18. The van der Waals surface area contributed by atoms with E-state index in [9.17, 15) is 34.4 Å². The lowest BCUT2D eigenvalue weighted by Gasteiger charge is -2.12. The number of para-hydroxylation sites is 1. The number of nitrogens with one attached hydrogen (secondary N) is 3. The standard InChI is InChI=1S/C31H24N4O8S/c36-27-15-12-22(17-24(27)31(40)41)32-28(37)18-44-23-13-10-21(11-14-23)33-30(39)25(34-29(38)19-6-2-1-3-7-19)16-20-8-4-5-9-26(20)35(42)43/h1-17,36H,18H2,(H,32,37)(H,33,39)(H,34,38)(H,40,41)/b25-16-. The topological polar surface area (TPSA) is 188 Å². The van der Waals surface area contributed by atoms with Gasteiger partial charge in [-0.3, -0.25) is 24.5 Å². The van der Waals surface area contributed by atoms with Crippen LogP contribution in [0.15, 0.2) is 108 Å². The Bertz CT molecular complexity index is 1760. The van der Waals surface area contributed by atoms with E-state index in [4.69, 9.17) is 5.11 Å². The molecule has 0 heterocycles.